The van der Waals surface area contributed by atoms with Crippen LogP contribution in [0.25, 0.3) is 0 Å². The van der Waals surface area contributed by atoms with Gasteiger partial charge in [-0.25, -0.2) is 0 Å². The van der Waals surface area contributed by atoms with Crippen LogP contribution in [0.4, 0.5) is 11.4 Å². The zero-order valence-corrected chi connectivity index (χ0v) is 18.0. The lowest BCUT2D eigenvalue weighted by Gasteiger charge is -2.34. The monoisotopic (exact) mass is 421 g/mol. The smallest absolute Gasteiger partial charge is 0.251 e. The highest BCUT2D eigenvalue weighted by Crippen LogP contribution is 2.45. The predicted molar refractivity (Wildman–Crippen MR) is 117 cm³/mol. The average Bonchev–Trinajstić information content (AvgIpc) is 2.93. The Balaban J connectivity index is 1.69. The molecule has 7 nitrogen and oxygen atoms in total. The molecule has 2 aromatic rings. The van der Waals surface area contributed by atoms with E-state index in [9.17, 15) is 14.4 Å². The number of primary amides is 1. The highest BCUT2D eigenvalue weighted by Gasteiger charge is 2.45. The molecule has 0 saturated carbocycles. The van der Waals surface area contributed by atoms with Crippen LogP contribution >= 0.6 is 0 Å². The standard InChI is InChI=1S/C24H27N3O4/c1-23(2)18-14-16(21(29)26-24(3)9-11-31-12-10-24)7-8-19(18)27(22(23)30)17-6-4-5-15(13-17)20(25)28/h4-8,13-14H,9-12H2,1-3H3,(H2,25,28)(H,26,29). The summed E-state index contributed by atoms with van der Waals surface area (Å²) in [5.41, 5.74) is 7.17. The highest BCUT2D eigenvalue weighted by atomic mass is 16.5. The van der Waals surface area contributed by atoms with Crippen molar-refractivity contribution < 1.29 is 19.1 Å². The Morgan fingerprint density at radius 3 is 2.42 bits per heavy atom. The number of anilines is 2. The fraction of sp³-hybridized carbons (Fsp3) is 0.375. The van der Waals surface area contributed by atoms with Gasteiger partial charge >= 0.3 is 0 Å². The molecular weight excluding hydrogens is 394 g/mol. The first kappa shape index (κ1) is 21.1. The molecule has 2 aromatic carbocycles. The van der Waals surface area contributed by atoms with E-state index in [1.54, 1.807) is 47.4 Å². The zero-order chi connectivity index (χ0) is 22.4. The van der Waals surface area contributed by atoms with Gasteiger partial charge in [-0.3, -0.25) is 19.3 Å². The first-order chi connectivity index (χ1) is 14.6. The van der Waals surface area contributed by atoms with Crippen molar-refractivity contribution in [2.24, 2.45) is 5.73 Å². The van der Waals surface area contributed by atoms with Crippen LogP contribution in [0.5, 0.6) is 0 Å². The number of hydrogen-bond acceptors (Lipinski definition) is 4. The molecule has 31 heavy (non-hydrogen) atoms. The highest BCUT2D eigenvalue weighted by molar-refractivity contribution is 6.13. The molecule has 0 aliphatic carbocycles. The Kier molecular flexibility index (Phi) is 5.09. The molecule has 0 spiro atoms. The third-order valence-corrected chi connectivity index (χ3v) is 6.31. The summed E-state index contributed by atoms with van der Waals surface area (Å²) in [6.07, 6.45) is 1.52. The minimum Gasteiger partial charge on any atom is -0.381 e. The Hall–Kier alpha value is -3.19. The third-order valence-electron chi connectivity index (χ3n) is 6.31. The second-order valence-electron chi connectivity index (χ2n) is 9.04. The molecule has 0 aromatic heterocycles. The quantitative estimate of drug-likeness (QED) is 0.792. The summed E-state index contributed by atoms with van der Waals surface area (Å²) < 4.78 is 5.41. The van der Waals surface area contributed by atoms with Crippen LogP contribution in [-0.4, -0.2) is 36.5 Å². The van der Waals surface area contributed by atoms with Crippen LogP contribution in [0, 0.1) is 0 Å². The summed E-state index contributed by atoms with van der Waals surface area (Å²) in [7, 11) is 0. The maximum atomic E-state index is 13.3. The number of nitrogens with one attached hydrogen (secondary N) is 1. The summed E-state index contributed by atoms with van der Waals surface area (Å²) >= 11 is 0. The molecule has 1 saturated heterocycles. The lowest BCUT2D eigenvalue weighted by atomic mass is 9.85. The van der Waals surface area contributed by atoms with Crippen molar-refractivity contribution in [1.82, 2.24) is 5.32 Å². The van der Waals surface area contributed by atoms with Crippen LogP contribution in [0.3, 0.4) is 0 Å². The van der Waals surface area contributed by atoms with E-state index in [0.717, 1.165) is 18.4 Å². The normalized spacial score (nSPS) is 19.1. The van der Waals surface area contributed by atoms with E-state index in [2.05, 4.69) is 5.32 Å². The first-order valence-electron chi connectivity index (χ1n) is 10.4. The van der Waals surface area contributed by atoms with Gasteiger partial charge in [-0.05, 0) is 75.6 Å². The molecule has 2 aliphatic rings. The number of nitrogens with two attached hydrogens (primary N) is 1. The van der Waals surface area contributed by atoms with E-state index in [0.29, 0.717) is 35.7 Å². The number of hydrogen-bond donors (Lipinski definition) is 2. The van der Waals surface area contributed by atoms with Gasteiger partial charge in [-0.1, -0.05) is 6.07 Å². The minimum atomic E-state index is -0.822. The summed E-state index contributed by atoms with van der Waals surface area (Å²) in [6.45, 7) is 6.96. The number of amides is 3. The molecule has 0 radical (unpaired) electrons. The maximum absolute atomic E-state index is 13.3. The van der Waals surface area contributed by atoms with Crippen molar-refractivity contribution in [2.45, 2.75) is 44.6 Å². The minimum absolute atomic E-state index is 0.127. The molecule has 0 bridgehead atoms. The van der Waals surface area contributed by atoms with Gasteiger partial charge in [-0.2, -0.15) is 0 Å². The molecular formula is C24H27N3O4. The van der Waals surface area contributed by atoms with Gasteiger partial charge in [0.15, 0.2) is 0 Å². The molecule has 3 amide bonds. The number of rotatable bonds is 4. The number of benzene rings is 2. The number of ether oxygens (including phenoxy) is 1. The second-order valence-corrected chi connectivity index (χ2v) is 9.04. The molecule has 1 fully saturated rings. The van der Waals surface area contributed by atoms with Gasteiger partial charge in [0, 0.05) is 35.6 Å². The van der Waals surface area contributed by atoms with Crippen molar-refractivity contribution >= 4 is 29.1 Å². The summed E-state index contributed by atoms with van der Waals surface area (Å²) in [5.74, 6) is -0.843. The summed E-state index contributed by atoms with van der Waals surface area (Å²) in [6, 6.07) is 12.0. The average molecular weight is 421 g/mol. The zero-order valence-electron chi connectivity index (χ0n) is 18.0. The van der Waals surface area contributed by atoms with Gasteiger partial charge in [0.05, 0.1) is 11.1 Å². The Morgan fingerprint density at radius 2 is 1.74 bits per heavy atom. The van der Waals surface area contributed by atoms with Crippen LogP contribution in [0.2, 0.25) is 0 Å². The van der Waals surface area contributed by atoms with Crippen LogP contribution < -0.4 is 16.0 Å². The Morgan fingerprint density at radius 1 is 1.03 bits per heavy atom. The van der Waals surface area contributed by atoms with Crippen molar-refractivity contribution in [3.05, 3.63) is 59.2 Å². The molecule has 3 N–H and O–H groups in total. The summed E-state index contributed by atoms with van der Waals surface area (Å²) in [5, 5.41) is 3.14. The SMILES string of the molecule is CC1(NC(=O)c2ccc3c(c2)C(C)(C)C(=O)N3c2cccc(C(N)=O)c2)CCOCC1. The molecule has 0 unspecified atom stereocenters. The van der Waals surface area contributed by atoms with Crippen LogP contribution in [0.1, 0.15) is 59.9 Å². The maximum Gasteiger partial charge on any atom is 0.251 e. The Labute approximate surface area is 181 Å². The second kappa shape index (κ2) is 7.50. The van der Waals surface area contributed by atoms with Crippen molar-refractivity contribution in [1.29, 1.82) is 0 Å². The lowest BCUT2D eigenvalue weighted by molar-refractivity contribution is -0.121. The molecule has 162 valence electrons. The Bertz CT molecular complexity index is 1070. The fourth-order valence-corrected chi connectivity index (χ4v) is 4.22. The molecule has 7 heteroatoms. The molecule has 2 heterocycles. The largest absolute Gasteiger partial charge is 0.381 e. The van der Waals surface area contributed by atoms with Gasteiger partial charge in [-0.15, -0.1) is 0 Å². The van der Waals surface area contributed by atoms with Gasteiger partial charge < -0.3 is 15.8 Å². The van der Waals surface area contributed by atoms with Crippen LogP contribution in [-0.2, 0) is 14.9 Å². The van der Waals surface area contributed by atoms with E-state index >= 15 is 0 Å². The number of carbonyl (C=O) groups is 3. The molecule has 0 atom stereocenters. The fourth-order valence-electron chi connectivity index (χ4n) is 4.22. The molecule has 4 rings (SSSR count). The van der Waals surface area contributed by atoms with E-state index in [1.807, 2.05) is 20.8 Å². The summed E-state index contributed by atoms with van der Waals surface area (Å²) in [4.78, 5) is 39.5. The number of fused-ring (bicyclic) bond motifs is 1. The van der Waals surface area contributed by atoms with Gasteiger partial charge in [0.25, 0.3) is 5.91 Å². The van der Waals surface area contributed by atoms with E-state index in [4.69, 9.17) is 10.5 Å². The van der Waals surface area contributed by atoms with E-state index in [1.165, 1.54) is 0 Å². The van der Waals surface area contributed by atoms with Crippen molar-refractivity contribution in [3.63, 3.8) is 0 Å². The van der Waals surface area contributed by atoms with Crippen molar-refractivity contribution in [2.75, 3.05) is 18.1 Å². The third kappa shape index (κ3) is 3.70. The number of carbonyl (C=O) groups excluding carboxylic acids is 3. The van der Waals surface area contributed by atoms with Gasteiger partial charge in [0.1, 0.15) is 0 Å². The lowest BCUT2D eigenvalue weighted by Crippen LogP contribution is -2.49. The predicted octanol–water partition coefficient (Wildman–Crippen LogP) is 3.04. The van der Waals surface area contributed by atoms with E-state index < -0.39 is 11.3 Å². The van der Waals surface area contributed by atoms with Gasteiger partial charge in [0.2, 0.25) is 11.8 Å². The topological polar surface area (TPSA) is 102 Å². The van der Waals surface area contributed by atoms with E-state index in [-0.39, 0.29) is 17.4 Å². The van der Waals surface area contributed by atoms with Crippen LogP contribution in [0.15, 0.2) is 42.5 Å². The van der Waals surface area contributed by atoms with Crippen molar-refractivity contribution in [3.8, 4) is 0 Å². The first-order valence-corrected chi connectivity index (χ1v) is 10.4. The number of nitrogens with zero attached hydrogens (tertiary/aromatic N) is 1. The molecule has 2 aliphatic heterocycles.